The summed E-state index contributed by atoms with van der Waals surface area (Å²) in [5, 5.41) is 6.14. The summed E-state index contributed by atoms with van der Waals surface area (Å²) in [6, 6.07) is 13.6. The minimum absolute atomic E-state index is 0.160. The van der Waals surface area contributed by atoms with Crippen molar-refractivity contribution >= 4 is 17.3 Å². The Morgan fingerprint density at radius 1 is 1.00 bits per heavy atom. The van der Waals surface area contributed by atoms with E-state index in [1.54, 1.807) is 30.9 Å². The topological polar surface area (TPSA) is 66.9 Å². The largest absolute Gasteiger partial charge is 0.354 e. The number of aromatic nitrogens is 2. The molecule has 0 bridgehead atoms. The average molecular weight is 318 g/mol. The summed E-state index contributed by atoms with van der Waals surface area (Å²) in [5.74, 6) is -0.160. The first-order valence-electron chi connectivity index (χ1n) is 7.66. The van der Waals surface area contributed by atoms with Crippen LogP contribution in [0.15, 0.2) is 67.3 Å². The van der Waals surface area contributed by atoms with Gasteiger partial charge in [-0.25, -0.2) is 0 Å². The second kappa shape index (κ2) is 7.37. The predicted molar refractivity (Wildman–Crippen MR) is 94.1 cm³/mol. The van der Waals surface area contributed by atoms with Crippen LogP contribution < -0.4 is 10.6 Å². The van der Waals surface area contributed by atoms with Crippen LogP contribution in [0.3, 0.4) is 0 Å². The van der Waals surface area contributed by atoms with Crippen molar-refractivity contribution in [3.8, 4) is 0 Å². The van der Waals surface area contributed by atoms with Crippen molar-refractivity contribution in [2.24, 2.45) is 0 Å². The van der Waals surface area contributed by atoms with Crippen molar-refractivity contribution in [2.75, 3.05) is 5.32 Å². The van der Waals surface area contributed by atoms with E-state index in [4.69, 9.17) is 0 Å². The third-order valence-electron chi connectivity index (χ3n) is 3.51. The molecule has 1 amide bonds. The number of aryl methyl sites for hydroxylation is 1. The van der Waals surface area contributed by atoms with Crippen LogP contribution in [0.1, 0.15) is 21.5 Å². The maximum absolute atomic E-state index is 12.3. The van der Waals surface area contributed by atoms with Gasteiger partial charge in [-0.3, -0.25) is 14.8 Å². The van der Waals surface area contributed by atoms with Crippen LogP contribution in [-0.4, -0.2) is 15.9 Å². The Bertz CT molecular complexity index is 834. The Balaban J connectivity index is 1.67. The number of benzene rings is 1. The molecule has 120 valence electrons. The fourth-order valence-corrected chi connectivity index (χ4v) is 2.31. The SMILES string of the molecule is Cc1cccc(Nc2cncc(C(=O)NCc3ccncc3)c2)c1. The van der Waals surface area contributed by atoms with Gasteiger partial charge < -0.3 is 10.6 Å². The number of carbonyl (C=O) groups is 1. The van der Waals surface area contributed by atoms with Gasteiger partial charge in [-0.1, -0.05) is 12.1 Å². The van der Waals surface area contributed by atoms with Gasteiger partial charge in [0.05, 0.1) is 17.4 Å². The lowest BCUT2D eigenvalue weighted by atomic mass is 10.2. The lowest BCUT2D eigenvalue weighted by molar-refractivity contribution is 0.0950. The van der Waals surface area contributed by atoms with E-state index in [-0.39, 0.29) is 5.91 Å². The van der Waals surface area contributed by atoms with Crippen LogP contribution in [-0.2, 0) is 6.54 Å². The molecule has 0 fully saturated rings. The van der Waals surface area contributed by atoms with E-state index in [0.29, 0.717) is 12.1 Å². The summed E-state index contributed by atoms with van der Waals surface area (Å²) >= 11 is 0. The van der Waals surface area contributed by atoms with Gasteiger partial charge in [0, 0.05) is 30.8 Å². The summed E-state index contributed by atoms with van der Waals surface area (Å²) in [4.78, 5) is 20.4. The fourth-order valence-electron chi connectivity index (χ4n) is 2.31. The summed E-state index contributed by atoms with van der Waals surface area (Å²) < 4.78 is 0. The van der Waals surface area contributed by atoms with Crippen molar-refractivity contribution in [3.63, 3.8) is 0 Å². The van der Waals surface area contributed by atoms with E-state index < -0.39 is 0 Å². The molecule has 0 atom stereocenters. The molecule has 5 nitrogen and oxygen atoms in total. The van der Waals surface area contributed by atoms with Crippen molar-refractivity contribution < 1.29 is 4.79 Å². The fraction of sp³-hybridized carbons (Fsp3) is 0.105. The monoisotopic (exact) mass is 318 g/mol. The highest BCUT2D eigenvalue weighted by atomic mass is 16.1. The van der Waals surface area contributed by atoms with Gasteiger partial charge in [-0.2, -0.15) is 0 Å². The van der Waals surface area contributed by atoms with Crippen LogP contribution in [0.2, 0.25) is 0 Å². The molecule has 0 unspecified atom stereocenters. The van der Waals surface area contributed by atoms with Crippen molar-refractivity contribution in [1.29, 1.82) is 0 Å². The Morgan fingerprint density at radius 2 is 1.83 bits per heavy atom. The molecule has 3 aromatic rings. The standard InChI is InChI=1S/C19H18N4O/c1-14-3-2-4-17(9-14)23-18-10-16(12-21-13-18)19(24)22-11-15-5-7-20-8-6-15/h2-10,12-13,23H,11H2,1H3,(H,22,24). The molecule has 0 saturated carbocycles. The molecule has 0 radical (unpaired) electrons. The molecule has 5 heteroatoms. The number of hydrogen-bond acceptors (Lipinski definition) is 4. The van der Waals surface area contributed by atoms with E-state index in [0.717, 1.165) is 16.9 Å². The molecule has 0 aliphatic rings. The first-order chi connectivity index (χ1) is 11.7. The Morgan fingerprint density at radius 3 is 2.62 bits per heavy atom. The van der Waals surface area contributed by atoms with E-state index >= 15 is 0 Å². The zero-order valence-corrected chi connectivity index (χ0v) is 13.4. The number of rotatable bonds is 5. The minimum atomic E-state index is -0.160. The van der Waals surface area contributed by atoms with Crippen LogP contribution in [0.25, 0.3) is 0 Å². The molecule has 1 aromatic carbocycles. The van der Waals surface area contributed by atoms with E-state index in [9.17, 15) is 4.79 Å². The second-order valence-corrected chi connectivity index (χ2v) is 5.49. The zero-order chi connectivity index (χ0) is 16.8. The van der Waals surface area contributed by atoms with Gasteiger partial charge in [-0.15, -0.1) is 0 Å². The number of anilines is 2. The van der Waals surface area contributed by atoms with Gasteiger partial charge in [0.2, 0.25) is 0 Å². The van der Waals surface area contributed by atoms with Crippen LogP contribution in [0.5, 0.6) is 0 Å². The normalized spacial score (nSPS) is 10.2. The smallest absolute Gasteiger partial charge is 0.253 e. The summed E-state index contributed by atoms with van der Waals surface area (Å²) in [6.45, 7) is 2.49. The highest BCUT2D eigenvalue weighted by molar-refractivity contribution is 5.94. The summed E-state index contributed by atoms with van der Waals surface area (Å²) in [6.07, 6.45) is 6.66. The van der Waals surface area contributed by atoms with Crippen LogP contribution >= 0.6 is 0 Å². The first kappa shape index (κ1) is 15.7. The quantitative estimate of drug-likeness (QED) is 0.756. The number of nitrogens with one attached hydrogen (secondary N) is 2. The molecule has 24 heavy (non-hydrogen) atoms. The van der Waals surface area contributed by atoms with Gasteiger partial charge in [0.1, 0.15) is 0 Å². The molecule has 2 aromatic heterocycles. The highest BCUT2D eigenvalue weighted by Gasteiger charge is 2.07. The predicted octanol–water partition coefficient (Wildman–Crippen LogP) is 3.46. The van der Waals surface area contributed by atoms with E-state index in [2.05, 4.69) is 20.6 Å². The molecule has 0 aliphatic carbocycles. The molecule has 0 aliphatic heterocycles. The number of carbonyl (C=O) groups excluding carboxylic acids is 1. The second-order valence-electron chi connectivity index (χ2n) is 5.49. The van der Waals surface area contributed by atoms with Gasteiger partial charge in [0.25, 0.3) is 5.91 Å². The third-order valence-corrected chi connectivity index (χ3v) is 3.51. The molecular formula is C19H18N4O. The molecule has 0 spiro atoms. The van der Waals surface area contributed by atoms with Crippen LogP contribution in [0.4, 0.5) is 11.4 Å². The maximum atomic E-state index is 12.3. The van der Waals surface area contributed by atoms with Gasteiger partial charge in [0.15, 0.2) is 0 Å². The maximum Gasteiger partial charge on any atom is 0.253 e. The van der Waals surface area contributed by atoms with Crippen molar-refractivity contribution in [3.05, 3.63) is 83.9 Å². The van der Waals surface area contributed by atoms with Crippen molar-refractivity contribution in [1.82, 2.24) is 15.3 Å². The first-order valence-corrected chi connectivity index (χ1v) is 7.66. The lowest BCUT2D eigenvalue weighted by Gasteiger charge is -2.09. The summed E-state index contributed by atoms with van der Waals surface area (Å²) in [5.41, 5.74) is 4.42. The number of amides is 1. The van der Waals surface area contributed by atoms with E-state index in [1.807, 2.05) is 43.3 Å². The highest BCUT2D eigenvalue weighted by Crippen LogP contribution is 2.17. The zero-order valence-electron chi connectivity index (χ0n) is 13.4. The number of pyridine rings is 2. The molecule has 0 saturated heterocycles. The Hall–Kier alpha value is -3.21. The van der Waals surface area contributed by atoms with Gasteiger partial charge >= 0.3 is 0 Å². The third kappa shape index (κ3) is 4.16. The van der Waals surface area contributed by atoms with Crippen molar-refractivity contribution in [2.45, 2.75) is 13.5 Å². The minimum Gasteiger partial charge on any atom is -0.354 e. The lowest BCUT2D eigenvalue weighted by Crippen LogP contribution is -2.23. The van der Waals surface area contributed by atoms with Crippen LogP contribution in [0, 0.1) is 6.92 Å². The molecular weight excluding hydrogens is 300 g/mol. The van der Waals surface area contributed by atoms with E-state index in [1.165, 1.54) is 5.56 Å². The van der Waals surface area contributed by atoms with Gasteiger partial charge in [-0.05, 0) is 48.4 Å². The Labute approximate surface area is 140 Å². The molecule has 2 N–H and O–H groups in total. The molecule has 2 heterocycles. The Kier molecular flexibility index (Phi) is 4.81. The average Bonchev–Trinajstić information content (AvgIpc) is 2.61. The number of hydrogen-bond donors (Lipinski definition) is 2. The number of nitrogens with zero attached hydrogens (tertiary/aromatic N) is 2. The molecule has 3 rings (SSSR count). The summed E-state index contributed by atoms with van der Waals surface area (Å²) in [7, 11) is 0.